The molecule has 2 unspecified atom stereocenters. The van der Waals surface area contributed by atoms with E-state index in [2.05, 4.69) is 5.32 Å². The van der Waals surface area contributed by atoms with Gasteiger partial charge >= 0.3 is 5.97 Å². The Morgan fingerprint density at radius 1 is 1.15 bits per heavy atom. The fraction of sp³-hybridized carbons (Fsp3) is 0.263. The number of hydrogen-bond acceptors (Lipinski definition) is 5. The molecule has 142 valence electrons. The van der Waals surface area contributed by atoms with Crippen molar-refractivity contribution in [2.75, 3.05) is 0 Å². The highest BCUT2D eigenvalue weighted by Crippen LogP contribution is 2.20. The second kappa shape index (κ2) is 8.39. The number of nitro groups is 1. The van der Waals surface area contributed by atoms with Crippen LogP contribution in [-0.2, 0) is 9.53 Å². The molecule has 0 fully saturated rings. The Morgan fingerprint density at radius 2 is 1.78 bits per heavy atom. The normalized spacial score (nSPS) is 12.7. The molecule has 8 heteroatoms. The molecule has 0 aliphatic heterocycles. The molecule has 1 N–H and O–H groups in total. The van der Waals surface area contributed by atoms with E-state index in [-0.39, 0.29) is 17.1 Å². The van der Waals surface area contributed by atoms with Crippen LogP contribution in [0.4, 0.5) is 10.1 Å². The predicted molar refractivity (Wildman–Crippen MR) is 95.7 cm³/mol. The number of carbonyl (C=O) groups is 2. The number of ether oxygens (including phenoxy) is 1. The molecule has 0 bridgehead atoms. The summed E-state index contributed by atoms with van der Waals surface area (Å²) >= 11 is 0. The molecule has 0 heterocycles. The molecule has 0 aliphatic carbocycles. The van der Waals surface area contributed by atoms with E-state index >= 15 is 0 Å². The molecular weight excluding hydrogens is 355 g/mol. The quantitative estimate of drug-likeness (QED) is 0.474. The Morgan fingerprint density at radius 3 is 2.33 bits per heavy atom. The van der Waals surface area contributed by atoms with E-state index in [0.29, 0.717) is 11.1 Å². The van der Waals surface area contributed by atoms with Gasteiger partial charge in [0.2, 0.25) is 0 Å². The van der Waals surface area contributed by atoms with Crippen LogP contribution in [0.2, 0.25) is 0 Å². The van der Waals surface area contributed by atoms with Crippen molar-refractivity contribution in [2.24, 2.45) is 0 Å². The highest BCUT2D eigenvalue weighted by atomic mass is 19.1. The zero-order valence-electron chi connectivity index (χ0n) is 15.1. The van der Waals surface area contributed by atoms with Crippen LogP contribution >= 0.6 is 0 Å². The third kappa shape index (κ3) is 5.10. The second-order valence-electron chi connectivity index (χ2n) is 6.09. The lowest BCUT2D eigenvalue weighted by atomic mass is 10.1. The Hall–Kier alpha value is -3.29. The smallest absolute Gasteiger partial charge is 0.338 e. The van der Waals surface area contributed by atoms with Gasteiger partial charge < -0.3 is 10.1 Å². The lowest BCUT2D eigenvalue weighted by molar-refractivity contribution is -0.385. The molecule has 0 radical (unpaired) electrons. The predicted octanol–water partition coefficient (Wildman–Crippen LogP) is 3.47. The first-order valence-electron chi connectivity index (χ1n) is 8.21. The Balaban J connectivity index is 1.99. The number of esters is 1. The van der Waals surface area contributed by atoms with Crippen LogP contribution in [0.5, 0.6) is 0 Å². The van der Waals surface area contributed by atoms with Crippen LogP contribution in [0, 0.1) is 22.9 Å². The van der Waals surface area contributed by atoms with Gasteiger partial charge in [0.15, 0.2) is 6.10 Å². The number of rotatable bonds is 6. The number of halogens is 1. The van der Waals surface area contributed by atoms with Gasteiger partial charge in [-0.05, 0) is 50.6 Å². The van der Waals surface area contributed by atoms with E-state index in [1.807, 2.05) is 0 Å². The second-order valence-corrected chi connectivity index (χ2v) is 6.09. The first kappa shape index (κ1) is 20.0. The van der Waals surface area contributed by atoms with Crippen LogP contribution in [0.1, 0.15) is 41.4 Å². The third-order valence-electron chi connectivity index (χ3n) is 4.01. The molecule has 2 aromatic carbocycles. The molecule has 0 aliphatic rings. The van der Waals surface area contributed by atoms with Crippen LogP contribution in [0.15, 0.2) is 42.5 Å². The molecule has 7 nitrogen and oxygen atoms in total. The summed E-state index contributed by atoms with van der Waals surface area (Å²) in [4.78, 5) is 34.7. The molecular formula is C19H19FN2O5. The van der Waals surface area contributed by atoms with Gasteiger partial charge in [0.05, 0.1) is 16.5 Å². The van der Waals surface area contributed by atoms with Crippen molar-refractivity contribution in [3.8, 4) is 0 Å². The van der Waals surface area contributed by atoms with E-state index in [1.165, 1.54) is 44.2 Å². The van der Waals surface area contributed by atoms with E-state index < -0.39 is 28.9 Å². The number of carbonyl (C=O) groups excluding carboxylic acids is 2. The van der Waals surface area contributed by atoms with Crippen molar-refractivity contribution in [3.63, 3.8) is 0 Å². The Kier molecular flexibility index (Phi) is 6.23. The number of amides is 1. The molecule has 1 amide bonds. The van der Waals surface area contributed by atoms with Crippen LogP contribution in [-0.4, -0.2) is 22.9 Å². The lowest BCUT2D eigenvalue weighted by Crippen LogP contribution is -2.37. The molecule has 0 saturated carbocycles. The fourth-order valence-corrected chi connectivity index (χ4v) is 2.43. The van der Waals surface area contributed by atoms with Gasteiger partial charge in [-0.2, -0.15) is 0 Å². The van der Waals surface area contributed by atoms with Gasteiger partial charge in [-0.3, -0.25) is 14.9 Å². The number of nitrogens with zero attached hydrogens (tertiary/aromatic N) is 1. The number of hydrogen-bond donors (Lipinski definition) is 1. The first-order chi connectivity index (χ1) is 12.7. The maximum Gasteiger partial charge on any atom is 0.338 e. The van der Waals surface area contributed by atoms with Crippen molar-refractivity contribution < 1.29 is 23.6 Å². The zero-order valence-corrected chi connectivity index (χ0v) is 15.1. The van der Waals surface area contributed by atoms with Crippen LogP contribution < -0.4 is 5.32 Å². The summed E-state index contributed by atoms with van der Waals surface area (Å²) in [5.41, 5.74) is 1.03. The van der Waals surface area contributed by atoms with Gasteiger partial charge in [-0.25, -0.2) is 9.18 Å². The summed E-state index contributed by atoms with van der Waals surface area (Å²) < 4.78 is 18.1. The minimum atomic E-state index is -1.07. The zero-order chi connectivity index (χ0) is 20.1. The fourth-order valence-electron chi connectivity index (χ4n) is 2.43. The Bertz CT molecular complexity index is 867. The summed E-state index contributed by atoms with van der Waals surface area (Å²) in [6.45, 7) is 4.65. The van der Waals surface area contributed by atoms with Gasteiger partial charge in [-0.15, -0.1) is 0 Å². The average Bonchev–Trinajstić information content (AvgIpc) is 2.61. The van der Waals surface area contributed by atoms with Crippen LogP contribution in [0.3, 0.4) is 0 Å². The van der Waals surface area contributed by atoms with E-state index in [9.17, 15) is 24.1 Å². The van der Waals surface area contributed by atoms with Crippen molar-refractivity contribution >= 4 is 17.6 Å². The molecule has 27 heavy (non-hydrogen) atoms. The van der Waals surface area contributed by atoms with Gasteiger partial charge in [0.1, 0.15) is 5.82 Å². The van der Waals surface area contributed by atoms with E-state index in [4.69, 9.17) is 4.74 Å². The van der Waals surface area contributed by atoms with Crippen molar-refractivity contribution in [1.29, 1.82) is 0 Å². The molecule has 0 saturated heterocycles. The number of nitrogens with one attached hydrogen (secondary N) is 1. The topological polar surface area (TPSA) is 98.5 Å². The van der Waals surface area contributed by atoms with E-state index in [0.717, 1.165) is 0 Å². The minimum Gasteiger partial charge on any atom is -0.449 e. The number of aryl methyl sites for hydroxylation is 1. The summed E-state index contributed by atoms with van der Waals surface area (Å²) in [7, 11) is 0. The average molecular weight is 374 g/mol. The van der Waals surface area contributed by atoms with E-state index in [1.54, 1.807) is 19.1 Å². The van der Waals surface area contributed by atoms with Crippen molar-refractivity contribution in [1.82, 2.24) is 5.32 Å². The maximum absolute atomic E-state index is 13.0. The third-order valence-corrected chi connectivity index (χ3v) is 4.01. The summed E-state index contributed by atoms with van der Waals surface area (Å²) in [5.74, 6) is -1.65. The van der Waals surface area contributed by atoms with Crippen LogP contribution in [0.25, 0.3) is 0 Å². The van der Waals surface area contributed by atoms with Crippen molar-refractivity contribution in [3.05, 3.63) is 75.1 Å². The highest BCUT2D eigenvalue weighted by molar-refractivity contribution is 5.92. The molecule has 2 rings (SSSR count). The Labute approximate surface area is 155 Å². The molecule has 2 atom stereocenters. The van der Waals surface area contributed by atoms with Gasteiger partial charge in [0.25, 0.3) is 11.6 Å². The summed E-state index contributed by atoms with van der Waals surface area (Å²) in [6, 6.07) is 9.11. The summed E-state index contributed by atoms with van der Waals surface area (Å²) in [6.07, 6.45) is -1.07. The monoisotopic (exact) mass is 374 g/mol. The first-order valence-corrected chi connectivity index (χ1v) is 8.21. The van der Waals surface area contributed by atoms with Gasteiger partial charge in [-0.1, -0.05) is 12.1 Å². The molecule has 0 aromatic heterocycles. The molecule has 0 spiro atoms. The summed E-state index contributed by atoms with van der Waals surface area (Å²) in [5, 5.41) is 13.5. The SMILES string of the molecule is Cc1cc(C(=O)OC(C)C(=O)NC(C)c2ccc(F)cc2)ccc1[N+](=O)[O-]. The lowest BCUT2D eigenvalue weighted by Gasteiger charge is -2.18. The number of benzene rings is 2. The standard InChI is InChI=1S/C19H19FN2O5/c1-11-10-15(6-9-17(11)22(25)26)19(24)27-13(3)18(23)21-12(2)14-4-7-16(20)8-5-14/h4-10,12-13H,1-3H3,(H,21,23). The minimum absolute atomic E-state index is 0.106. The largest absolute Gasteiger partial charge is 0.449 e. The van der Waals surface area contributed by atoms with Gasteiger partial charge in [0, 0.05) is 11.6 Å². The highest BCUT2D eigenvalue weighted by Gasteiger charge is 2.22. The molecule has 2 aromatic rings. The maximum atomic E-state index is 13.0. The number of nitro benzene ring substituents is 1. The van der Waals surface area contributed by atoms with Crippen molar-refractivity contribution in [2.45, 2.75) is 32.9 Å².